The highest BCUT2D eigenvalue weighted by molar-refractivity contribution is 7.92. The molecule has 2 aromatic carbocycles. The van der Waals surface area contributed by atoms with E-state index in [9.17, 15) is 13.2 Å². The van der Waals surface area contributed by atoms with Crippen LogP contribution in [0.15, 0.2) is 70.9 Å². The predicted octanol–water partition coefficient (Wildman–Crippen LogP) is 2.12. The maximum atomic E-state index is 13.3. The van der Waals surface area contributed by atoms with Crippen molar-refractivity contribution in [1.29, 1.82) is 0 Å². The third-order valence-electron chi connectivity index (χ3n) is 5.58. The maximum Gasteiger partial charge on any atom is 0.264 e. The van der Waals surface area contributed by atoms with Crippen molar-refractivity contribution >= 4 is 33.0 Å². The fourth-order valence-corrected chi connectivity index (χ4v) is 6.36. The first-order chi connectivity index (χ1) is 14.9. The number of carbonyl (C=O) groups excluding carboxylic acids is 1. The molecule has 1 atom stereocenters. The Balaban J connectivity index is 1.52. The van der Waals surface area contributed by atoms with Gasteiger partial charge in [-0.2, -0.15) is 0 Å². The molecule has 0 unspecified atom stereocenters. The summed E-state index contributed by atoms with van der Waals surface area (Å²) in [6.45, 7) is 0.879. The van der Waals surface area contributed by atoms with Crippen molar-refractivity contribution in [3.8, 4) is 0 Å². The Bertz CT molecular complexity index is 1170. The molecule has 1 aliphatic heterocycles. The normalized spacial score (nSPS) is 14.5. The minimum atomic E-state index is -3.74. The lowest BCUT2D eigenvalue weighted by Crippen LogP contribution is -3.06. The van der Waals surface area contributed by atoms with Crippen molar-refractivity contribution < 1.29 is 18.1 Å². The molecule has 31 heavy (non-hydrogen) atoms. The topological polar surface area (TPSA) is 70.9 Å². The molecular weight excluding hydrogens is 430 g/mol. The lowest BCUT2D eigenvalue weighted by molar-refractivity contribution is -0.890. The van der Waals surface area contributed by atoms with Crippen LogP contribution in [-0.2, 0) is 16.4 Å². The number of para-hydroxylation sites is 1. The zero-order valence-corrected chi connectivity index (χ0v) is 19.2. The van der Waals surface area contributed by atoms with Crippen LogP contribution in [0.3, 0.4) is 0 Å². The van der Waals surface area contributed by atoms with Crippen molar-refractivity contribution in [3.63, 3.8) is 0 Å². The second-order valence-electron chi connectivity index (χ2n) is 7.84. The number of hydrogen-bond donors (Lipinski definition) is 2. The third-order valence-corrected chi connectivity index (χ3v) is 8.37. The zero-order chi connectivity index (χ0) is 22.0. The van der Waals surface area contributed by atoms with Crippen LogP contribution in [0.2, 0.25) is 0 Å². The lowest BCUT2D eigenvalue weighted by atomic mass is 10.2. The standard InChI is InChI=1S/C23H25N3O3S2/c1-25(2)21(22-11-6-14-30-22)16-24-23(27)18-8-5-9-19(15-18)31(28,29)26-13-12-17-7-3-4-10-20(17)26/h3-11,14-15,21H,12-13,16H2,1-2H3,(H,24,27)/p+1/t21-/m0/s1. The molecule has 0 radical (unpaired) electrons. The molecule has 2 N–H and O–H groups in total. The third kappa shape index (κ3) is 4.37. The van der Waals surface area contributed by atoms with E-state index >= 15 is 0 Å². The number of fused-ring (bicyclic) bond motifs is 1. The number of rotatable bonds is 7. The number of nitrogens with zero attached hydrogens (tertiary/aromatic N) is 1. The Morgan fingerprint density at radius 3 is 2.68 bits per heavy atom. The molecule has 1 aliphatic rings. The second kappa shape index (κ2) is 8.82. The highest BCUT2D eigenvalue weighted by Gasteiger charge is 2.31. The number of hydrogen-bond acceptors (Lipinski definition) is 4. The number of amides is 1. The van der Waals surface area contributed by atoms with Crippen LogP contribution < -0.4 is 14.5 Å². The van der Waals surface area contributed by atoms with Crippen LogP contribution >= 0.6 is 11.3 Å². The summed E-state index contributed by atoms with van der Waals surface area (Å²) in [4.78, 5) is 15.4. The monoisotopic (exact) mass is 456 g/mol. The summed E-state index contributed by atoms with van der Waals surface area (Å²) in [5.74, 6) is -0.276. The quantitative estimate of drug-likeness (QED) is 0.572. The van der Waals surface area contributed by atoms with Gasteiger partial charge in [0.2, 0.25) is 0 Å². The molecule has 2 heterocycles. The number of nitrogens with one attached hydrogen (secondary N) is 2. The molecule has 0 saturated heterocycles. The fourth-order valence-electron chi connectivity index (χ4n) is 3.86. The smallest absolute Gasteiger partial charge is 0.264 e. The van der Waals surface area contributed by atoms with Gasteiger partial charge in [0, 0.05) is 12.1 Å². The number of sulfonamides is 1. The SMILES string of the molecule is C[NH+](C)[C@@H](CNC(=O)c1cccc(S(=O)(=O)N2CCc3ccccc32)c1)c1cccs1. The van der Waals surface area contributed by atoms with Gasteiger partial charge in [-0.1, -0.05) is 30.3 Å². The molecular formula is C23H26N3O3S2+. The first kappa shape index (κ1) is 21.5. The molecule has 1 aromatic heterocycles. The van der Waals surface area contributed by atoms with E-state index in [1.807, 2.05) is 35.7 Å². The Hall–Kier alpha value is -2.68. The minimum Gasteiger partial charge on any atom is -0.346 e. The number of quaternary nitrogens is 1. The van der Waals surface area contributed by atoms with Crippen molar-refractivity contribution in [2.45, 2.75) is 17.4 Å². The number of benzene rings is 2. The molecule has 6 nitrogen and oxygen atoms in total. The molecule has 0 fully saturated rings. The average Bonchev–Trinajstić information content (AvgIpc) is 3.44. The fraction of sp³-hybridized carbons (Fsp3) is 0.261. The van der Waals surface area contributed by atoms with Gasteiger partial charge in [-0.25, -0.2) is 8.42 Å². The van der Waals surface area contributed by atoms with Gasteiger partial charge in [0.25, 0.3) is 15.9 Å². The molecule has 0 saturated carbocycles. The van der Waals surface area contributed by atoms with E-state index in [2.05, 4.69) is 25.5 Å². The first-order valence-electron chi connectivity index (χ1n) is 10.2. The van der Waals surface area contributed by atoms with Crippen molar-refractivity contribution in [2.24, 2.45) is 0 Å². The van der Waals surface area contributed by atoms with Crippen LogP contribution in [0.5, 0.6) is 0 Å². The van der Waals surface area contributed by atoms with Crippen LogP contribution in [0, 0.1) is 0 Å². The molecule has 0 aliphatic carbocycles. The van der Waals surface area contributed by atoms with Crippen molar-refractivity contribution in [3.05, 3.63) is 82.0 Å². The molecule has 3 aromatic rings. The van der Waals surface area contributed by atoms with E-state index in [1.165, 1.54) is 20.1 Å². The predicted molar refractivity (Wildman–Crippen MR) is 123 cm³/mol. The Morgan fingerprint density at radius 1 is 1.13 bits per heavy atom. The summed E-state index contributed by atoms with van der Waals surface area (Å²) in [7, 11) is 0.369. The van der Waals surface area contributed by atoms with Crippen LogP contribution in [0.25, 0.3) is 0 Å². The Kier molecular flexibility index (Phi) is 6.13. The van der Waals surface area contributed by atoms with E-state index in [0.717, 1.165) is 5.56 Å². The van der Waals surface area contributed by atoms with Gasteiger partial charge < -0.3 is 10.2 Å². The van der Waals surface area contributed by atoms with E-state index in [-0.39, 0.29) is 16.8 Å². The van der Waals surface area contributed by atoms with Gasteiger partial charge in [-0.15, -0.1) is 11.3 Å². The van der Waals surface area contributed by atoms with Gasteiger partial charge in [0.15, 0.2) is 0 Å². The lowest BCUT2D eigenvalue weighted by Gasteiger charge is -2.21. The summed E-state index contributed by atoms with van der Waals surface area (Å²) >= 11 is 1.66. The summed E-state index contributed by atoms with van der Waals surface area (Å²) < 4.78 is 28.0. The van der Waals surface area contributed by atoms with Crippen LogP contribution in [-0.4, -0.2) is 41.5 Å². The summed E-state index contributed by atoms with van der Waals surface area (Å²) in [5, 5.41) is 5.00. The van der Waals surface area contributed by atoms with Gasteiger partial charge in [0.1, 0.15) is 6.04 Å². The van der Waals surface area contributed by atoms with E-state index < -0.39 is 10.0 Å². The summed E-state index contributed by atoms with van der Waals surface area (Å²) in [6.07, 6.45) is 0.687. The number of thiophene rings is 1. The van der Waals surface area contributed by atoms with Crippen LogP contribution in [0.1, 0.15) is 26.8 Å². The average molecular weight is 457 g/mol. The van der Waals surface area contributed by atoms with E-state index in [4.69, 9.17) is 0 Å². The summed E-state index contributed by atoms with van der Waals surface area (Å²) in [5.41, 5.74) is 2.07. The minimum absolute atomic E-state index is 0.130. The maximum absolute atomic E-state index is 13.3. The highest BCUT2D eigenvalue weighted by atomic mass is 32.2. The highest BCUT2D eigenvalue weighted by Crippen LogP contribution is 2.32. The number of likely N-dealkylation sites (N-methyl/N-ethyl adjacent to an activating group) is 1. The largest absolute Gasteiger partial charge is 0.346 e. The number of anilines is 1. The molecule has 4 rings (SSSR count). The second-order valence-corrected chi connectivity index (χ2v) is 10.7. The van der Waals surface area contributed by atoms with Crippen molar-refractivity contribution in [2.75, 3.05) is 31.5 Å². The van der Waals surface area contributed by atoms with E-state index in [1.54, 1.807) is 29.5 Å². The number of carbonyl (C=O) groups is 1. The van der Waals surface area contributed by atoms with Crippen LogP contribution in [0.4, 0.5) is 5.69 Å². The van der Waals surface area contributed by atoms with Gasteiger partial charge in [-0.05, 0) is 47.7 Å². The first-order valence-corrected chi connectivity index (χ1v) is 12.5. The van der Waals surface area contributed by atoms with Gasteiger partial charge in [-0.3, -0.25) is 9.10 Å². The van der Waals surface area contributed by atoms with Crippen molar-refractivity contribution in [1.82, 2.24) is 5.32 Å². The molecule has 162 valence electrons. The molecule has 0 spiro atoms. The van der Waals surface area contributed by atoms with E-state index in [0.29, 0.717) is 30.8 Å². The Morgan fingerprint density at radius 2 is 1.94 bits per heavy atom. The van der Waals surface area contributed by atoms with Gasteiger partial charge in [0.05, 0.1) is 36.1 Å². The zero-order valence-electron chi connectivity index (χ0n) is 17.5. The summed E-state index contributed by atoms with van der Waals surface area (Å²) in [6, 6.07) is 18.0. The molecule has 8 heteroatoms. The molecule has 0 bridgehead atoms. The Labute approximate surface area is 187 Å². The van der Waals surface area contributed by atoms with Gasteiger partial charge >= 0.3 is 0 Å². The molecule has 1 amide bonds.